The quantitative estimate of drug-likeness (QED) is 0.754. The minimum Gasteiger partial charge on any atom is -0.392 e. The number of aliphatic hydroxyl groups is 1. The largest absolute Gasteiger partial charge is 0.392 e. The summed E-state index contributed by atoms with van der Waals surface area (Å²) >= 11 is 0. The molecule has 1 rings (SSSR count). The first kappa shape index (κ1) is 10.3. The molecule has 1 aromatic carbocycles. The maximum atomic E-state index is 9.16. The van der Waals surface area contributed by atoms with Crippen LogP contribution in [0.25, 0.3) is 0 Å². The third-order valence-electron chi connectivity index (χ3n) is 2.59. The molecule has 0 fully saturated rings. The molecule has 72 valence electrons. The molecule has 0 saturated heterocycles. The molecule has 0 heterocycles. The van der Waals surface area contributed by atoms with Crippen LogP contribution in [-0.2, 0) is 19.4 Å². The van der Waals surface area contributed by atoms with Gasteiger partial charge in [0.2, 0.25) is 0 Å². The van der Waals surface area contributed by atoms with Crippen molar-refractivity contribution in [2.75, 3.05) is 0 Å². The lowest BCUT2D eigenvalue weighted by molar-refractivity contribution is 0.280. The van der Waals surface area contributed by atoms with E-state index in [-0.39, 0.29) is 6.61 Å². The maximum Gasteiger partial charge on any atom is 0.0684 e. The highest BCUT2D eigenvalue weighted by atomic mass is 16.3. The Labute approximate surface area is 80.4 Å². The Kier molecular flexibility index (Phi) is 3.49. The molecule has 0 aromatic heterocycles. The maximum absolute atomic E-state index is 9.16. The highest BCUT2D eigenvalue weighted by molar-refractivity contribution is 5.37. The Bertz CT molecular complexity index is 289. The van der Waals surface area contributed by atoms with Crippen LogP contribution in [0.4, 0.5) is 0 Å². The third kappa shape index (κ3) is 2.10. The van der Waals surface area contributed by atoms with Gasteiger partial charge < -0.3 is 5.11 Å². The van der Waals surface area contributed by atoms with E-state index in [1.54, 1.807) is 0 Å². The van der Waals surface area contributed by atoms with E-state index in [2.05, 4.69) is 32.9 Å². The Morgan fingerprint density at radius 3 is 2.08 bits per heavy atom. The second-order valence-corrected chi connectivity index (χ2v) is 3.41. The average Bonchev–Trinajstić information content (AvgIpc) is 2.17. The fourth-order valence-electron chi connectivity index (χ4n) is 1.72. The van der Waals surface area contributed by atoms with Gasteiger partial charge in [0.25, 0.3) is 0 Å². The second kappa shape index (κ2) is 4.43. The number of benzene rings is 1. The summed E-state index contributed by atoms with van der Waals surface area (Å²) in [5.74, 6) is 0. The average molecular weight is 178 g/mol. The molecule has 1 N–H and O–H groups in total. The minimum absolute atomic E-state index is 0.163. The molecule has 0 aliphatic carbocycles. The lowest BCUT2D eigenvalue weighted by atomic mass is 9.97. The summed E-state index contributed by atoms with van der Waals surface area (Å²) in [4.78, 5) is 0. The van der Waals surface area contributed by atoms with Gasteiger partial charge in [-0.1, -0.05) is 26.0 Å². The van der Waals surface area contributed by atoms with Crippen LogP contribution >= 0.6 is 0 Å². The van der Waals surface area contributed by atoms with Gasteiger partial charge in [-0.2, -0.15) is 0 Å². The smallest absolute Gasteiger partial charge is 0.0684 e. The van der Waals surface area contributed by atoms with Gasteiger partial charge in [-0.05, 0) is 42.0 Å². The van der Waals surface area contributed by atoms with Gasteiger partial charge >= 0.3 is 0 Å². The van der Waals surface area contributed by atoms with Gasteiger partial charge in [0, 0.05) is 0 Å². The standard InChI is InChI=1S/C12H18O/c1-4-10-7-12(8-13)11(5-2)6-9(10)3/h6-7,13H,4-5,8H2,1-3H3. The fourth-order valence-corrected chi connectivity index (χ4v) is 1.72. The number of aryl methyl sites for hydroxylation is 3. The highest BCUT2D eigenvalue weighted by Gasteiger charge is 2.03. The first-order valence-corrected chi connectivity index (χ1v) is 4.95. The lowest BCUT2D eigenvalue weighted by Gasteiger charge is -2.10. The Balaban J connectivity index is 3.18. The van der Waals surface area contributed by atoms with Gasteiger partial charge in [0.05, 0.1) is 6.61 Å². The number of hydrogen-bond donors (Lipinski definition) is 1. The van der Waals surface area contributed by atoms with Crippen molar-refractivity contribution in [1.29, 1.82) is 0 Å². The zero-order valence-corrected chi connectivity index (χ0v) is 8.72. The molecule has 0 atom stereocenters. The molecule has 1 nitrogen and oxygen atoms in total. The minimum atomic E-state index is 0.163. The zero-order valence-electron chi connectivity index (χ0n) is 8.72. The van der Waals surface area contributed by atoms with Gasteiger partial charge in [-0.25, -0.2) is 0 Å². The summed E-state index contributed by atoms with van der Waals surface area (Å²) in [5, 5.41) is 9.16. The predicted octanol–water partition coefficient (Wildman–Crippen LogP) is 2.61. The Hall–Kier alpha value is -0.820. The normalized spacial score (nSPS) is 10.5. The molecule has 1 aromatic rings. The van der Waals surface area contributed by atoms with Crippen LogP contribution < -0.4 is 0 Å². The van der Waals surface area contributed by atoms with E-state index in [1.165, 1.54) is 16.7 Å². The molecule has 1 heteroatoms. The molecule has 0 radical (unpaired) electrons. The number of rotatable bonds is 3. The summed E-state index contributed by atoms with van der Waals surface area (Å²) in [6.07, 6.45) is 2.05. The third-order valence-corrected chi connectivity index (χ3v) is 2.59. The molecule has 0 unspecified atom stereocenters. The summed E-state index contributed by atoms with van der Waals surface area (Å²) in [7, 11) is 0. The van der Waals surface area contributed by atoms with Crippen LogP contribution in [0.5, 0.6) is 0 Å². The summed E-state index contributed by atoms with van der Waals surface area (Å²) in [5.41, 5.74) is 5.06. The summed E-state index contributed by atoms with van der Waals surface area (Å²) in [6, 6.07) is 4.33. The molecule has 0 amide bonds. The van der Waals surface area contributed by atoms with E-state index in [0.717, 1.165) is 18.4 Å². The second-order valence-electron chi connectivity index (χ2n) is 3.41. The molecule has 0 bridgehead atoms. The van der Waals surface area contributed by atoms with Crippen molar-refractivity contribution in [3.8, 4) is 0 Å². The highest BCUT2D eigenvalue weighted by Crippen LogP contribution is 2.17. The van der Waals surface area contributed by atoms with Crippen LogP contribution in [-0.4, -0.2) is 5.11 Å². The van der Waals surface area contributed by atoms with Crippen molar-refractivity contribution in [2.45, 2.75) is 40.2 Å². The van der Waals surface area contributed by atoms with Gasteiger partial charge in [0.1, 0.15) is 0 Å². The van der Waals surface area contributed by atoms with Crippen molar-refractivity contribution in [1.82, 2.24) is 0 Å². The monoisotopic (exact) mass is 178 g/mol. The molecular weight excluding hydrogens is 160 g/mol. The van der Waals surface area contributed by atoms with Crippen molar-refractivity contribution in [2.24, 2.45) is 0 Å². The van der Waals surface area contributed by atoms with E-state index in [4.69, 9.17) is 5.11 Å². The topological polar surface area (TPSA) is 20.2 Å². The molecular formula is C12H18O. The van der Waals surface area contributed by atoms with E-state index in [9.17, 15) is 0 Å². The Morgan fingerprint density at radius 1 is 1.00 bits per heavy atom. The van der Waals surface area contributed by atoms with Crippen molar-refractivity contribution >= 4 is 0 Å². The number of hydrogen-bond acceptors (Lipinski definition) is 1. The molecule has 0 saturated carbocycles. The van der Waals surface area contributed by atoms with Crippen LogP contribution in [0.3, 0.4) is 0 Å². The molecule has 0 aliphatic rings. The van der Waals surface area contributed by atoms with E-state index >= 15 is 0 Å². The summed E-state index contributed by atoms with van der Waals surface area (Å²) < 4.78 is 0. The van der Waals surface area contributed by atoms with Crippen LogP contribution in [0, 0.1) is 6.92 Å². The van der Waals surface area contributed by atoms with Crippen molar-refractivity contribution in [3.05, 3.63) is 34.4 Å². The van der Waals surface area contributed by atoms with Crippen LogP contribution in [0.1, 0.15) is 36.1 Å². The van der Waals surface area contributed by atoms with Crippen LogP contribution in [0.15, 0.2) is 12.1 Å². The predicted molar refractivity (Wildman–Crippen MR) is 55.9 cm³/mol. The first-order chi connectivity index (χ1) is 6.22. The molecule has 0 aliphatic heterocycles. The van der Waals surface area contributed by atoms with E-state index in [1.807, 2.05) is 0 Å². The summed E-state index contributed by atoms with van der Waals surface area (Å²) in [6.45, 7) is 6.57. The fraction of sp³-hybridized carbons (Fsp3) is 0.500. The van der Waals surface area contributed by atoms with Crippen molar-refractivity contribution in [3.63, 3.8) is 0 Å². The van der Waals surface area contributed by atoms with E-state index in [0.29, 0.717) is 0 Å². The molecule has 13 heavy (non-hydrogen) atoms. The van der Waals surface area contributed by atoms with Gasteiger partial charge in [0.15, 0.2) is 0 Å². The van der Waals surface area contributed by atoms with Crippen molar-refractivity contribution < 1.29 is 5.11 Å². The first-order valence-electron chi connectivity index (χ1n) is 4.95. The SMILES string of the molecule is CCc1cc(CO)c(CC)cc1C. The van der Waals surface area contributed by atoms with Crippen LogP contribution in [0.2, 0.25) is 0 Å². The van der Waals surface area contributed by atoms with Gasteiger partial charge in [-0.15, -0.1) is 0 Å². The van der Waals surface area contributed by atoms with E-state index < -0.39 is 0 Å². The van der Waals surface area contributed by atoms with Gasteiger partial charge in [-0.3, -0.25) is 0 Å². The molecule has 0 spiro atoms. The lowest BCUT2D eigenvalue weighted by Crippen LogP contribution is -1.97. The zero-order chi connectivity index (χ0) is 9.84. The number of aliphatic hydroxyl groups excluding tert-OH is 1. The Morgan fingerprint density at radius 2 is 1.62 bits per heavy atom.